The fraction of sp³-hybridized carbons (Fsp3) is 0.417. The average Bonchev–Trinajstić information content (AvgIpc) is 2.29. The number of halogens is 1. The Morgan fingerprint density at radius 2 is 2.00 bits per heavy atom. The second-order valence-electron chi connectivity index (χ2n) is 3.19. The molecule has 0 aliphatic rings. The van der Waals surface area contributed by atoms with Crippen LogP contribution in [0.5, 0.6) is 0 Å². The van der Waals surface area contributed by atoms with E-state index in [0.29, 0.717) is 6.42 Å². The van der Waals surface area contributed by atoms with Gasteiger partial charge in [-0.3, -0.25) is 4.79 Å². The summed E-state index contributed by atoms with van der Waals surface area (Å²) in [6.07, 6.45) is 1.75. The highest BCUT2D eigenvalue weighted by Crippen LogP contribution is 2.19. The number of hydrogen-bond donors (Lipinski definition) is 0. The second-order valence-corrected chi connectivity index (χ2v) is 5.15. The fourth-order valence-electron chi connectivity index (χ4n) is 1.19. The SMILES string of the molecule is CCC(=O)c1ccc(SCCCBr)cc1. The lowest BCUT2D eigenvalue weighted by atomic mass is 10.1. The summed E-state index contributed by atoms with van der Waals surface area (Å²) in [6, 6.07) is 7.90. The highest BCUT2D eigenvalue weighted by atomic mass is 79.9. The minimum Gasteiger partial charge on any atom is -0.294 e. The molecular formula is C12H15BrOS. The van der Waals surface area contributed by atoms with Gasteiger partial charge in [-0.25, -0.2) is 0 Å². The molecule has 0 saturated heterocycles. The van der Waals surface area contributed by atoms with Crippen molar-refractivity contribution in [3.8, 4) is 0 Å². The molecule has 82 valence electrons. The summed E-state index contributed by atoms with van der Waals surface area (Å²) < 4.78 is 0. The zero-order valence-electron chi connectivity index (χ0n) is 8.83. The van der Waals surface area contributed by atoms with Crippen molar-refractivity contribution < 1.29 is 4.79 Å². The number of thioether (sulfide) groups is 1. The Morgan fingerprint density at radius 1 is 1.33 bits per heavy atom. The molecule has 0 aliphatic carbocycles. The first-order valence-corrected chi connectivity index (χ1v) is 7.20. The second kappa shape index (κ2) is 7.07. The first-order valence-electron chi connectivity index (χ1n) is 5.10. The fourth-order valence-corrected chi connectivity index (χ4v) is 2.69. The molecule has 0 radical (unpaired) electrons. The molecule has 0 unspecified atom stereocenters. The lowest BCUT2D eigenvalue weighted by Gasteiger charge is -2.01. The number of Topliss-reactive ketones (excluding diaryl/α,β-unsaturated/α-hetero) is 1. The molecule has 0 aliphatic heterocycles. The number of carbonyl (C=O) groups is 1. The predicted molar refractivity (Wildman–Crippen MR) is 70.2 cm³/mol. The van der Waals surface area contributed by atoms with Crippen LogP contribution in [-0.4, -0.2) is 16.9 Å². The van der Waals surface area contributed by atoms with E-state index in [1.54, 1.807) is 0 Å². The third-order valence-corrected chi connectivity index (χ3v) is 3.70. The number of alkyl halides is 1. The summed E-state index contributed by atoms with van der Waals surface area (Å²) >= 11 is 5.24. The third-order valence-electron chi connectivity index (χ3n) is 2.04. The highest BCUT2D eigenvalue weighted by molar-refractivity contribution is 9.09. The number of rotatable bonds is 6. The Kier molecular flexibility index (Phi) is 6.03. The van der Waals surface area contributed by atoms with Crippen LogP contribution in [0.2, 0.25) is 0 Å². The van der Waals surface area contributed by atoms with Crippen LogP contribution in [0.1, 0.15) is 30.1 Å². The van der Waals surface area contributed by atoms with E-state index in [1.165, 1.54) is 11.3 Å². The van der Waals surface area contributed by atoms with Crippen molar-refractivity contribution in [1.82, 2.24) is 0 Å². The Morgan fingerprint density at radius 3 is 2.53 bits per heavy atom. The van der Waals surface area contributed by atoms with Crippen molar-refractivity contribution in [3.05, 3.63) is 29.8 Å². The molecule has 0 bridgehead atoms. The van der Waals surface area contributed by atoms with Gasteiger partial charge in [-0.2, -0.15) is 0 Å². The van der Waals surface area contributed by atoms with Crippen molar-refractivity contribution in [2.45, 2.75) is 24.7 Å². The van der Waals surface area contributed by atoms with Crippen LogP contribution in [0.25, 0.3) is 0 Å². The summed E-state index contributed by atoms with van der Waals surface area (Å²) in [6.45, 7) is 1.89. The number of ketones is 1. The van der Waals surface area contributed by atoms with Crippen LogP contribution in [0.3, 0.4) is 0 Å². The third kappa shape index (κ3) is 4.39. The lowest BCUT2D eigenvalue weighted by Crippen LogP contribution is -1.95. The molecule has 3 heteroatoms. The molecule has 0 atom stereocenters. The minimum absolute atomic E-state index is 0.215. The van der Waals surface area contributed by atoms with Gasteiger partial charge in [0.15, 0.2) is 5.78 Å². The van der Waals surface area contributed by atoms with Gasteiger partial charge in [0.05, 0.1) is 0 Å². The normalized spacial score (nSPS) is 10.3. The van der Waals surface area contributed by atoms with Gasteiger partial charge in [0, 0.05) is 22.2 Å². The number of benzene rings is 1. The van der Waals surface area contributed by atoms with E-state index in [9.17, 15) is 4.79 Å². The molecule has 0 fully saturated rings. The number of hydrogen-bond acceptors (Lipinski definition) is 2. The topological polar surface area (TPSA) is 17.1 Å². The first-order chi connectivity index (χ1) is 7.27. The van der Waals surface area contributed by atoms with E-state index in [0.717, 1.165) is 16.6 Å². The van der Waals surface area contributed by atoms with E-state index in [1.807, 2.05) is 43.0 Å². The van der Waals surface area contributed by atoms with E-state index in [2.05, 4.69) is 15.9 Å². The molecule has 0 saturated carbocycles. The highest BCUT2D eigenvalue weighted by Gasteiger charge is 2.02. The minimum atomic E-state index is 0.215. The van der Waals surface area contributed by atoms with Gasteiger partial charge in [-0.05, 0) is 24.3 Å². The van der Waals surface area contributed by atoms with Crippen molar-refractivity contribution in [3.63, 3.8) is 0 Å². The average molecular weight is 287 g/mol. The van der Waals surface area contributed by atoms with Gasteiger partial charge >= 0.3 is 0 Å². The van der Waals surface area contributed by atoms with Gasteiger partial charge in [-0.15, -0.1) is 11.8 Å². The molecule has 0 spiro atoms. The summed E-state index contributed by atoms with van der Waals surface area (Å²) in [7, 11) is 0. The smallest absolute Gasteiger partial charge is 0.162 e. The number of carbonyl (C=O) groups excluding carboxylic acids is 1. The Balaban J connectivity index is 2.52. The van der Waals surface area contributed by atoms with E-state index < -0.39 is 0 Å². The van der Waals surface area contributed by atoms with Crippen LogP contribution < -0.4 is 0 Å². The largest absolute Gasteiger partial charge is 0.294 e. The molecule has 15 heavy (non-hydrogen) atoms. The van der Waals surface area contributed by atoms with Crippen molar-refractivity contribution >= 4 is 33.5 Å². The predicted octanol–water partition coefficient (Wildman–Crippen LogP) is 4.16. The quantitative estimate of drug-likeness (QED) is 0.338. The zero-order chi connectivity index (χ0) is 11.1. The first kappa shape index (κ1) is 12.8. The zero-order valence-corrected chi connectivity index (χ0v) is 11.2. The Hall–Kier alpha value is -0.280. The molecule has 1 nitrogen and oxygen atoms in total. The molecular weight excluding hydrogens is 272 g/mol. The summed E-state index contributed by atoms with van der Waals surface area (Å²) in [5, 5.41) is 1.05. The Bertz CT molecular complexity index is 308. The maximum absolute atomic E-state index is 11.4. The standard InChI is InChI=1S/C12H15BrOS/c1-2-12(14)10-4-6-11(7-5-10)15-9-3-8-13/h4-7H,2-3,8-9H2,1H3. The van der Waals surface area contributed by atoms with Crippen molar-refractivity contribution in [2.75, 3.05) is 11.1 Å². The van der Waals surface area contributed by atoms with Crippen LogP contribution in [-0.2, 0) is 0 Å². The molecule has 1 aromatic carbocycles. The van der Waals surface area contributed by atoms with Gasteiger partial charge in [0.2, 0.25) is 0 Å². The van der Waals surface area contributed by atoms with E-state index in [4.69, 9.17) is 0 Å². The van der Waals surface area contributed by atoms with Gasteiger partial charge in [0.1, 0.15) is 0 Å². The Labute approximate surface area is 104 Å². The van der Waals surface area contributed by atoms with Crippen LogP contribution in [0.4, 0.5) is 0 Å². The van der Waals surface area contributed by atoms with Gasteiger partial charge < -0.3 is 0 Å². The van der Waals surface area contributed by atoms with E-state index >= 15 is 0 Å². The molecule has 0 heterocycles. The lowest BCUT2D eigenvalue weighted by molar-refractivity contribution is 0.0988. The molecule has 1 aromatic rings. The summed E-state index contributed by atoms with van der Waals surface area (Å²) in [4.78, 5) is 12.6. The molecule has 0 amide bonds. The summed E-state index contributed by atoms with van der Waals surface area (Å²) in [5.41, 5.74) is 0.822. The van der Waals surface area contributed by atoms with Gasteiger partial charge in [0.25, 0.3) is 0 Å². The summed E-state index contributed by atoms with van der Waals surface area (Å²) in [5.74, 6) is 1.33. The molecule has 0 N–H and O–H groups in total. The maximum atomic E-state index is 11.4. The van der Waals surface area contributed by atoms with Crippen LogP contribution >= 0.6 is 27.7 Å². The molecule has 0 aromatic heterocycles. The van der Waals surface area contributed by atoms with Crippen molar-refractivity contribution in [2.24, 2.45) is 0 Å². The van der Waals surface area contributed by atoms with Crippen LogP contribution in [0.15, 0.2) is 29.2 Å². The van der Waals surface area contributed by atoms with Gasteiger partial charge in [-0.1, -0.05) is 35.0 Å². The van der Waals surface area contributed by atoms with Crippen LogP contribution in [0, 0.1) is 0 Å². The molecule has 1 rings (SSSR count). The monoisotopic (exact) mass is 286 g/mol. The maximum Gasteiger partial charge on any atom is 0.162 e. The van der Waals surface area contributed by atoms with Crippen molar-refractivity contribution in [1.29, 1.82) is 0 Å². The van der Waals surface area contributed by atoms with E-state index in [-0.39, 0.29) is 5.78 Å².